The van der Waals surface area contributed by atoms with E-state index in [1.165, 1.54) is 12.1 Å². The van der Waals surface area contributed by atoms with Crippen molar-refractivity contribution in [2.75, 3.05) is 19.6 Å². The molecule has 1 saturated heterocycles. The van der Waals surface area contributed by atoms with Crippen molar-refractivity contribution >= 4 is 18.2 Å². The van der Waals surface area contributed by atoms with Crippen LogP contribution in [0.4, 0.5) is 4.39 Å². The van der Waals surface area contributed by atoms with Gasteiger partial charge in [-0.1, -0.05) is 60.7 Å². The number of hydrogen-bond donors (Lipinski definition) is 1. The van der Waals surface area contributed by atoms with Crippen molar-refractivity contribution < 1.29 is 14.3 Å². The fraction of sp³-hybridized carbons (Fsp3) is 0.296. The molecule has 0 radical (unpaired) electrons. The van der Waals surface area contributed by atoms with Gasteiger partial charge in [0.25, 0.3) is 0 Å². The molecule has 3 aromatic rings. The minimum absolute atomic E-state index is 0. The lowest BCUT2D eigenvalue weighted by Gasteiger charge is -2.42. The highest BCUT2D eigenvalue weighted by Gasteiger charge is 2.41. The summed E-state index contributed by atoms with van der Waals surface area (Å²) in [5.41, 5.74) is 1.37. The zero-order chi connectivity index (χ0) is 21.7. The van der Waals surface area contributed by atoms with Crippen LogP contribution in [0.3, 0.4) is 0 Å². The molecule has 1 heterocycles. The number of piperidine rings is 1. The molecule has 3 nitrogen and oxygen atoms in total. The Morgan fingerprint density at radius 3 is 1.88 bits per heavy atom. The van der Waals surface area contributed by atoms with E-state index in [0.717, 1.165) is 37.1 Å². The van der Waals surface area contributed by atoms with E-state index in [-0.39, 0.29) is 29.9 Å². The smallest absolute Gasteiger partial charge is 0.164 e. The summed E-state index contributed by atoms with van der Waals surface area (Å²) in [7, 11) is 0. The van der Waals surface area contributed by atoms with Gasteiger partial charge in [-0.15, -0.1) is 12.4 Å². The van der Waals surface area contributed by atoms with E-state index in [4.69, 9.17) is 0 Å². The van der Waals surface area contributed by atoms with Crippen LogP contribution in [0.15, 0.2) is 84.9 Å². The van der Waals surface area contributed by atoms with Crippen LogP contribution < -0.4 is 0 Å². The van der Waals surface area contributed by atoms with Crippen LogP contribution in [-0.2, 0) is 5.60 Å². The molecule has 3 aromatic carbocycles. The Balaban J connectivity index is 0.00000289. The molecule has 1 fully saturated rings. The van der Waals surface area contributed by atoms with Gasteiger partial charge in [0, 0.05) is 18.5 Å². The van der Waals surface area contributed by atoms with Crippen molar-refractivity contribution in [2.45, 2.75) is 24.9 Å². The summed E-state index contributed by atoms with van der Waals surface area (Å²) in [6.45, 7) is 2.35. The first-order valence-electron chi connectivity index (χ1n) is 10.9. The zero-order valence-corrected chi connectivity index (χ0v) is 18.8. The molecular weight excluding hydrogens is 425 g/mol. The lowest BCUT2D eigenvalue weighted by molar-refractivity contribution is -0.0141. The van der Waals surface area contributed by atoms with Gasteiger partial charge in [-0.2, -0.15) is 0 Å². The zero-order valence-electron chi connectivity index (χ0n) is 18.0. The predicted octanol–water partition coefficient (Wildman–Crippen LogP) is 5.47. The topological polar surface area (TPSA) is 40.5 Å². The summed E-state index contributed by atoms with van der Waals surface area (Å²) in [4.78, 5) is 14.7. The van der Waals surface area contributed by atoms with Gasteiger partial charge in [-0.25, -0.2) is 4.39 Å². The highest BCUT2D eigenvalue weighted by molar-refractivity contribution is 5.96. The molecule has 0 unspecified atom stereocenters. The number of rotatable bonds is 7. The normalized spacial score (nSPS) is 15.2. The van der Waals surface area contributed by atoms with Gasteiger partial charge in [0.15, 0.2) is 5.78 Å². The number of ketones is 1. The molecule has 4 rings (SSSR count). The van der Waals surface area contributed by atoms with Crippen LogP contribution >= 0.6 is 12.4 Å². The summed E-state index contributed by atoms with van der Waals surface area (Å²) in [5.74, 6) is -0.198. The standard InChI is InChI=1S/C27H28FNO2.ClH/c28-25-13-11-21(12-14-25)26(30)17-20-29-18-15-24(16-19-29)27(31,22-7-3-1-4-8-22)23-9-5-2-6-10-23;/h1-14,24,31H,15-20H2;1H. The van der Waals surface area contributed by atoms with Crippen LogP contribution in [0.25, 0.3) is 0 Å². The quantitative estimate of drug-likeness (QED) is 0.482. The highest BCUT2D eigenvalue weighted by Crippen LogP contribution is 2.41. The maximum atomic E-state index is 13.1. The van der Waals surface area contributed by atoms with Crippen LogP contribution in [0.5, 0.6) is 0 Å². The SMILES string of the molecule is Cl.O=C(CCN1CCC(C(O)(c2ccccc2)c2ccccc2)CC1)c1ccc(F)cc1. The molecule has 0 saturated carbocycles. The van der Waals surface area contributed by atoms with E-state index in [9.17, 15) is 14.3 Å². The maximum absolute atomic E-state index is 13.1. The summed E-state index contributed by atoms with van der Waals surface area (Å²) in [6, 6.07) is 25.6. The fourth-order valence-electron chi connectivity index (χ4n) is 4.64. The molecular formula is C27H29ClFNO2. The lowest BCUT2D eigenvalue weighted by Crippen LogP contribution is -2.44. The summed E-state index contributed by atoms with van der Waals surface area (Å²) >= 11 is 0. The fourth-order valence-corrected chi connectivity index (χ4v) is 4.64. The molecule has 1 aliphatic heterocycles. The minimum Gasteiger partial charge on any atom is -0.380 e. The Kier molecular flexibility index (Phi) is 8.19. The Morgan fingerprint density at radius 1 is 0.875 bits per heavy atom. The average Bonchev–Trinajstić information content (AvgIpc) is 2.84. The molecule has 1 N–H and O–H groups in total. The summed E-state index contributed by atoms with van der Waals surface area (Å²) in [6.07, 6.45) is 2.12. The summed E-state index contributed by atoms with van der Waals surface area (Å²) < 4.78 is 13.1. The number of aliphatic hydroxyl groups is 1. The van der Waals surface area contributed by atoms with Crippen LogP contribution in [0.1, 0.15) is 40.7 Å². The minimum atomic E-state index is -1.03. The molecule has 0 aromatic heterocycles. The largest absolute Gasteiger partial charge is 0.380 e. The van der Waals surface area contributed by atoms with Crippen molar-refractivity contribution in [1.82, 2.24) is 4.90 Å². The number of hydrogen-bond acceptors (Lipinski definition) is 3. The van der Waals surface area contributed by atoms with E-state index >= 15 is 0 Å². The van der Waals surface area contributed by atoms with Crippen molar-refractivity contribution in [3.05, 3.63) is 107 Å². The molecule has 0 aliphatic carbocycles. The maximum Gasteiger partial charge on any atom is 0.164 e. The number of carbonyl (C=O) groups excluding carboxylic acids is 1. The number of likely N-dealkylation sites (tertiary alicyclic amines) is 1. The molecule has 0 atom stereocenters. The van der Waals surface area contributed by atoms with E-state index in [0.29, 0.717) is 18.5 Å². The van der Waals surface area contributed by atoms with E-state index in [2.05, 4.69) is 4.90 Å². The molecule has 32 heavy (non-hydrogen) atoms. The Bertz CT molecular complexity index is 948. The Morgan fingerprint density at radius 2 is 1.38 bits per heavy atom. The molecule has 0 spiro atoms. The average molecular weight is 454 g/mol. The number of Topliss-reactive ketones (excluding diaryl/α,β-unsaturated/α-hetero) is 1. The number of benzene rings is 3. The van der Waals surface area contributed by atoms with Gasteiger partial charge in [0.1, 0.15) is 11.4 Å². The number of nitrogens with zero attached hydrogens (tertiary/aromatic N) is 1. The van der Waals surface area contributed by atoms with Gasteiger partial charge in [-0.05, 0) is 67.2 Å². The van der Waals surface area contributed by atoms with E-state index in [1.807, 2.05) is 60.7 Å². The van der Waals surface area contributed by atoms with Crippen molar-refractivity contribution in [3.63, 3.8) is 0 Å². The van der Waals surface area contributed by atoms with Crippen LogP contribution in [0, 0.1) is 11.7 Å². The Labute approximate surface area is 195 Å². The van der Waals surface area contributed by atoms with Crippen molar-refractivity contribution in [2.24, 2.45) is 5.92 Å². The molecule has 1 aliphatic rings. The molecule has 0 amide bonds. The van der Waals surface area contributed by atoms with Gasteiger partial charge in [0.2, 0.25) is 0 Å². The summed E-state index contributed by atoms with van der Waals surface area (Å²) in [5, 5.41) is 12.0. The lowest BCUT2D eigenvalue weighted by atomic mass is 9.72. The monoisotopic (exact) mass is 453 g/mol. The Hall–Kier alpha value is -2.53. The van der Waals surface area contributed by atoms with Gasteiger partial charge in [-0.3, -0.25) is 4.79 Å². The third kappa shape index (κ3) is 5.26. The van der Waals surface area contributed by atoms with Crippen LogP contribution in [0.2, 0.25) is 0 Å². The highest BCUT2D eigenvalue weighted by atomic mass is 35.5. The third-order valence-electron chi connectivity index (χ3n) is 6.43. The van der Waals surface area contributed by atoms with Crippen molar-refractivity contribution in [1.29, 1.82) is 0 Å². The van der Waals surface area contributed by atoms with Gasteiger partial charge in [0.05, 0.1) is 0 Å². The molecule has 168 valence electrons. The van der Waals surface area contributed by atoms with Gasteiger partial charge >= 0.3 is 0 Å². The second-order valence-electron chi connectivity index (χ2n) is 8.29. The number of halogens is 2. The second-order valence-corrected chi connectivity index (χ2v) is 8.29. The predicted molar refractivity (Wildman–Crippen MR) is 128 cm³/mol. The van der Waals surface area contributed by atoms with E-state index < -0.39 is 5.60 Å². The first kappa shape index (κ1) is 24.1. The first-order chi connectivity index (χ1) is 15.1. The molecule has 0 bridgehead atoms. The first-order valence-corrected chi connectivity index (χ1v) is 10.9. The third-order valence-corrected chi connectivity index (χ3v) is 6.43. The van der Waals surface area contributed by atoms with Gasteiger partial charge < -0.3 is 10.0 Å². The van der Waals surface area contributed by atoms with Crippen molar-refractivity contribution in [3.8, 4) is 0 Å². The second kappa shape index (κ2) is 10.9. The molecule has 5 heteroatoms. The van der Waals surface area contributed by atoms with Crippen LogP contribution in [-0.4, -0.2) is 35.4 Å². The number of carbonyl (C=O) groups is 1. The van der Waals surface area contributed by atoms with E-state index in [1.54, 1.807) is 12.1 Å².